The fraction of sp³-hybridized carbons (Fsp3) is 0.375. The third kappa shape index (κ3) is 5.71. The van der Waals surface area contributed by atoms with Crippen molar-refractivity contribution in [1.29, 1.82) is 5.26 Å². The van der Waals surface area contributed by atoms with Gasteiger partial charge in [-0.1, -0.05) is 0 Å². The van der Waals surface area contributed by atoms with Crippen LogP contribution in [0.1, 0.15) is 40.2 Å². The zero-order valence-corrected chi connectivity index (χ0v) is 21.2. The van der Waals surface area contributed by atoms with Crippen molar-refractivity contribution in [2.24, 2.45) is 5.73 Å². The number of aryl methyl sites for hydroxylation is 1. The zero-order valence-electron chi connectivity index (χ0n) is 20.4. The average molecular weight is 533 g/mol. The molecule has 0 radical (unpaired) electrons. The second-order valence-electron chi connectivity index (χ2n) is 7.86. The van der Waals surface area contributed by atoms with Gasteiger partial charge in [0.15, 0.2) is 0 Å². The van der Waals surface area contributed by atoms with E-state index in [1.807, 2.05) is 6.07 Å². The fourth-order valence-corrected chi connectivity index (χ4v) is 5.05. The molecule has 0 saturated heterocycles. The quantitative estimate of drug-likeness (QED) is 0.290. The Morgan fingerprint density at radius 2 is 2.00 bits per heavy atom. The molecule has 0 saturated carbocycles. The van der Waals surface area contributed by atoms with Crippen LogP contribution in [0.15, 0.2) is 27.8 Å². The number of nitriles is 1. The maximum absolute atomic E-state index is 14.2. The van der Waals surface area contributed by atoms with Gasteiger partial charge in [-0.25, -0.2) is 14.0 Å². The second-order valence-corrected chi connectivity index (χ2v) is 8.86. The van der Waals surface area contributed by atoms with Gasteiger partial charge in [0.05, 0.1) is 44.7 Å². The molecular formula is C24H25FN4O7S. The number of fused-ring (bicyclic) bond motifs is 1. The third-order valence-electron chi connectivity index (χ3n) is 5.49. The summed E-state index contributed by atoms with van der Waals surface area (Å²) in [6.45, 7) is 2.26. The predicted octanol–water partition coefficient (Wildman–Crippen LogP) is 2.01. The van der Waals surface area contributed by atoms with Crippen molar-refractivity contribution < 1.29 is 28.2 Å². The number of benzene rings is 1. The van der Waals surface area contributed by atoms with Gasteiger partial charge in [-0.05, 0) is 37.6 Å². The molecule has 0 spiro atoms. The van der Waals surface area contributed by atoms with E-state index in [0.29, 0.717) is 4.57 Å². The Morgan fingerprint density at radius 3 is 2.62 bits per heavy atom. The lowest BCUT2D eigenvalue weighted by Gasteiger charge is -2.22. The van der Waals surface area contributed by atoms with Gasteiger partial charge < -0.3 is 19.9 Å². The van der Waals surface area contributed by atoms with E-state index in [-0.39, 0.29) is 58.1 Å². The summed E-state index contributed by atoms with van der Waals surface area (Å²) in [5, 5.41) is 8.99. The van der Waals surface area contributed by atoms with Crippen molar-refractivity contribution in [2.45, 2.75) is 39.5 Å². The summed E-state index contributed by atoms with van der Waals surface area (Å²) in [6.07, 6.45) is -0.988. The van der Waals surface area contributed by atoms with Crippen LogP contribution in [0.3, 0.4) is 0 Å². The predicted molar refractivity (Wildman–Crippen MR) is 132 cm³/mol. The van der Waals surface area contributed by atoms with E-state index in [0.717, 1.165) is 11.3 Å². The Labute approximate surface area is 214 Å². The van der Waals surface area contributed by atoms with Crippen molar-refractivity contribution in [3.63, 3.8) is 0 Å². The van der Waals surface area contributed by atoms with E-state index < -0.39 is 41.6 Å². The molecule has 11 nitrogen and oxygen atoms in total. The highest BCUT2D eigenvalue weighted by atomic mass is 32.1. The highest BCUT2D eigenvalue weighted by Crippen LogP contribution is 2.33. The minimum absolute atomic E-state index is 0.0186. The Balaban J connectivity index is 2.30. The number of esters is 1. The van der Waals surface area contributed by atoms with E-state index >= 15 is 0 Å². The number of nitrogens with two attached hydrogens (primary N) is 1. The number of halogens is 1. The number of ether oxygens (including phenoxy) is 3. The number of carbonyl (C=O) groups excluding carboxylic acids is 2. The van der Waals surface area contributed by atoms with Crippen LogP contribution in [0.2, 0.25) is 0 Å². The first-order chi connectivity index (χ1) is 17.6. The summed E-state index contributed by atoms with van der Waals surface area (Å²) >= 11 is 0.879. The van der Waals surface area contributed by atoms with Crippen molar-refractivity contribution in [3.8, 4) is 11.8 Å². The minimum atomic E-state index is -1.01. The number of methoxy groups -OCH3 is 1. The number of rotatable bonds is 11. The minimum Gasteiger partial charge on any atom is -0.496 e. The van der Waals surface area contributed by atoms with Crippen LogP contribution < -0.4 is 21.7 Å². The monoisotopic (exact) mass is 532 g/mol. The SMILES string of the molecule is CCOC(=O)c1sc2c(c1C)c(=O)n(CC(N)=O)c(=O)n2C[C@H](OCCC#N)c1cc(F)ccc1OC. The fourth-order valence-electron chi connectivity index (χ4n) is 3.85. The summed E-state index contributed by atoms with van der Waals surface area (Å²) in [4.78, 5) is 51.2. The molecule has 1 amide bonds. The van der Waals surface area contributed by atoms with Crippen LogP contribution in [0.25, 0.3) is 10.2 Å². The van der Waals surface area contributed by atoms with Crippen LogP contribution in [-0.4, -0.2) is 41.3 Å². The maximum Gasteiger partial charge on any atom is 0.348 e. The summed E-state index contributed by atoms with van der Waals surface area (Å²) in [6, 6.07) is 5.72. The summed E-state index contributed by atoms with van der Waals surface area (Å²) < 4.78 is 32.3. The molecule has 196 valence electrons. The van der Waals surface area contributed by atoms with Gasteiger partial charge in [0.2, 0.25) is 5.91 Å². The number of nitrogens with zero attached hydrogens (tertiary/aromatic N) is 3. The molecule has 0 aliphatic rings. The summed E-state index contributed by atoms with van der Waals surface area (Å²) in [7, 11) is 1.38. The molecule has 0 unspecified atom stereocenters. The van der Waals surface area contributed by atoms with E-state index in [4.69, 9.17) is 25.2 Å². The van der Waals surface area contributed by atoms with Crippen molar-refractivity contribution in [1.82, 2.24) is 9.13 Å². The van der Waals surface area contributed by atoms with Gasteiger partial charge in [0.25, 0.3) is 5.56 Å². The van der Waals surface area contributed by atoms with Gasteiger partial charge in [0, 0.05) is 5.56 Å². The largest absolute Gasteiger partial charge is 0.496 e. The molecule has 0 aliphatic carbocycles. The Morgan fingerprint density at radius 1 is 1.27 bits per heavy atom. The van der Waals surface area contributed by atoms with Gasteiger partial charge in [-0.3, -0.25) is 18.7 Å². The smallest absolute Gasteiger partial charge is 0.348 e. The van der Waals surface area contributed by atoms with E-state index in [2.05, 4.69) is 0 Å². The Kier molecular flexibility index (Phi) is 8.80. The Bertz CT molecular complexity index is 1500. The lowest BCUT2D eigenvalue weighted by Crippen LogP contribution is -2.43. The van der Waals surface area contributed by atoms with E-state index in [1.165, 1.54) is 36.8 Å². The molecule has 0 bridgehead atoms. The standard InChI is InChI=1S/C24H25FN4O7S/c1-4-35-23(32)20-13(2)19-21(31)28(12-18(27)30)24(33)29(22(19)37-20)11-17(36-9-5-8-26)15-10-14(25)6-7-16(15)34-3/h6-7,10,17H,4-5,9,11-12H2,1-3H3,(H2,27,30)/t17-/m0/s1. The highest BCUT2D eigenvalue weighted by molar-refractivity contribution is 7.20. The lowest BCUT2D eigenvalue weighted by molar-refractivity contribution is -0.118. The number of amides is 1. The van der Waals surface area contributed by atoms with E-state index in [1.54, 1.807) is 6.92 Å². The molecule has 1 aromatic carbocycles. The van der Waals surface area contributed by atoms with Crippen LogP contribution in [-0.2, 0) is 27.4 Å². The van der Waals surface area contributed by atoms with Crippen LogP contribution >= 0.6 is 11.3 Å². The number of thiophene rings is 1. The summed E-state index contributed by atoms with van der Waals surface area (Å²) in [5.41, 5.74) is 4.15. The first kappa shape index (κ1) is 27.6. The topological polar surface area (TPSA) is 156 Å². The molecule has 3 aromatic rings. The maximum atomic E-state index is 14.2. The molecule has 13 heteroatoms. The van der Waals surface area contributed by atoms with Crippen molar-refractivity contribution in [3.05, 3.63) is 60.9 Å². The number of primary amides is 1. The van der Waals surface area contributed by atoms with Gasteiger partial charge >= 0.3 is 11.7 Å². The molecule has 0 fully saturated rings. The molecule has 2 aromatic heterocycles. The number of aromatic nitrogens is 2. The second kappa shape index (κ2) is 11.8. The lowest BCUT2D eigenvalue weighted by atomic mass is 10.1. The van der Waals surface area contributed by atoms with Gasteiger partial charge in [-0.15, -0.1) is 11.3 Å². The first-order valence-corrected chi connectivity index (χ1v) is 12.0. The van der Waals surface area contributed by atoms with Gasteiger partial charge in [0.1, 0.15) is 33.9 Å². The highest BCUT2D eigenvalue weighted by Gasteiger charge is 2.27. The zero-order chi connectivity index (χ0) is 27.3. The molecule has 37 heavy (non-hydrogen) atoms. The first-order valence-electron chi connectivity index (χ1n) is 11.2. The van der Waals surface area contributed by atoms with E-state index in [9.17, 15) is 23.6 Å². The van der Waals surface area contributed by atoms with Gasteiger partial charge in [-0.2, -0.15) is 5.26 Å². The van der Waals surface area contributed by atoms with Crippen LogP contribution in [0.4, 0.5) is 4.39 Å². The molecule has 0 aliphatic heterocycles. The molecule has 1 atom stereocenters. The molecule has 2 heterocycles. The summed E-state index contributed by atoms with van der Waals surface area (Å²) in [5.74, 6) is -1.91. The number of hydrogen-bond donors (Lipinski definition) is 1. The third-order valence-corrected chi connectivity index (χ3v) is 6.78. The van der Waals surface area contributed by atoms with Crippen LogP contribution in [0.5, 0.6) is 5.75 Å². The Hall–Kier alpha value is -4.02. The molecular weight excluding hydrogens is 507 g/mol. The number of hydrogen-bond acceptors (Lipinski definition) is 9. The molecule has 3 rings (SSSR count). The number of carbonyl (C=O) groups is 2. The van der Waals surface area contributed by atoms with Crippen molar-refractivity contribution in [2.75, 3.05) is 20.3 Å². The molecule has 2 N–H and O–H groups in total. The van der Waals surface area contributed by atoms with Crippen molar-refractivity contribution >= 4 is 33.4 Å². The normalized spacial score (nSPS) is 11.8. The van der Waals surface area contributed by atoms with Crippen LogP contribution in [0, 0.1) is 24.1 Å². The average Bonchev–Trinajstić information content (AvgIpc) is 3.20.